The number of nitrogens with two attached hydrogens (primary N) is 3. The predicted octanol–water partition coefficient (Wildman–Crippen LogP) is -0.788. The summed E-state index contributed by atoms with van der Waals surface area (Å²) in [4.78, 5) is 42.6. The first kappa shape index (κ1) is 19.1. The number of hydroxylamine groups is 1. The molecule has 0 aliphatic carbocycles. The second-order valence-electron chi connectivity index (χ2n) is 6.99. The summed E-state index contributed by atoms with van der Waals surface area (Å²) in [5, 5.41) is 1.51. The van der Waals surface area contributed by atoms with E-state index < -0.39 is 35.8 Å². The molecule has 3 aliphatic rings. The Hall–Kier alpha value is -3.25. The monoisotopic (exact) mass is 407 g/mol. The number of benzene rings is 1. The van der Waals surface area contributed by atoms with Crippen molar-refractivity contribution in [2.24, 2.45) is 17.2 Å². The molecule has 2 fully saturated rings. The van der Waals surface area contributed by atoms with Crippen molar-refractivity contribution in [3.05, 3.63) is 23.3 Å². The van der Waals surface area contributed by atoms with E-state index in [9.17, 15) is 14.4 Å². The molecule has 0 saturated carbocycles. The van der Waals surface area contributed by atoms with Gasteiger partial charge in [-0.1, -0.05) is 0 Å². The Morgan fingerprint density at radius 2 is 1.97 bits per heavy atom. The Bertz CT molecular complexity index is 908. The van der Waals surface area contributed by atoms with Gasteiger partial charge in [0, 0.05) is 18.2 Å². The number of anilines is 1. The SMILES string of the molecule is COc1cc(C(N)=O)cc2c1[C@@H](COC(N)=O)[C@@]1(OC)ON2C[C@H]2[C@@H]1N2C(N)=O. The molecule has 3 aliphatic heterocycles. The fraction of sp³-hybridized carbons (Fsp3) is 0.471. The fourth-order valence-electron chi connectivity index (χ4n) is 4.43. The van der Waals surface area contributed by atoms with E-state index >= 15 is 0 Å². The van der Waals surface area contributed by atoms with Crippen LogP contribution in [0.3, 0.4) is 0 Å². The van der Waals surface area contributed by atoms with E-state index in [-0.39, 0.29) is 18.2 Å². The first-order valence-corrected chi connectivity index (χ1v) is 8.78. The molecule has 0 spiro atoms. The van der Waals surface area contributed by atoms with Crippen molar-refractivity contribution in [3.63, 3.8) is 0 Å². The highest BCUT2D eigenvalue weighted by Crippen LogP contribution is 2.58. The summed E-state index contributed by atoms with van der Waals surface area (Å²) in [6.07, 6.45) is -0.983. The molecule has 1 aromatic carbocycles. The number of rotatable bonds is 5. The maximum Gasteiger partial charge on any atom is 0.404 e. The summed E-state index contributed by atoms with van der Waals surface area (Å²) in [5.41, 5.74) is 17.4. The van der Waals surface area contributed by atoms with Gasteiger partial charge in [-0.25, -0.2) is 19.5 Å². The van der Waals surface area contributed by atoms with Crippen molar-refractivity contribution in [1.82, 2.24) is 4.90 Å². The quantitative estimate of drug-likeness (QED) is 0.533. The van der Waals surface area contributed by atoms with Crippen LogP contribution in [0, 0.1) is 0 Å². The van der Waals surface area contributed by atoms with Gasteiger partial charge < -0.3 is 36.3 Å². The summed E-state index contributed by atoms with van der Waals surface area (Å²) < 4.78 is 16.3. The van der Waals surface area contributed by atoms with Crippen LogP contribution in [0.5, 0.6) is 5.75 Å². The molecule has 6 N–H and O–H groups in total. The molecular weight excluding hydrogens is 386 g/mol. The average molecular weight is 407 g/mol. The summed E-state index contributed by atoms with van der Waals surface area (Å²) >= 11 is 0. The van der Waals surface area contributed by atoms with Crippen LogP contribution in [0.2, 0.25) is 0 Å². The zero-order valence-electron chi connectivity index (χ0n) is 15.8. The van der Waals surface area contributed by atoms with Crippen LogP contribution in [0.1, 0.15) is 21.8 Å². The van der Waals surface area contributed by atoms with Crippen molar-refractivity contribution in [2.75, 3.05) is 32.4 Å². The third kappa shape index (κ3) is 2.63. The number of fused-ring (bicyclic) bond motifs is 6. The lowest BCUT2D eigenvalue weighted by atomic mass is 9.82. The van der Waals surface area contributed by atoms with Crippen molar-refractivity contribution in [3.8, 4) is 5.75 Å². The van der Waals surface area contributed by atoms with Crippen LogP contribution in [0.15, 0.2) is 12.1 Å². The topological polar surface area (TPSA) is 172 Å². The van der Waals surface area contributed by atoms with Gasteiger partial charge in [-0.3, -0.25) is 4.79 Å². The second-order valence-corrected chi connectivity index (χ2v) is 6.99. The summed E-state index contributed by atoms with van der Waals surface area (Å²) in [7, 11) is 2.85. The van der Waals surface area contributed by atoms with Crippen molar-refractivity contribution < 1.29 is 33.4 Å². The Morgan fingerprint density at radius 1 is 1.24 bits per heavy atom. The number of carbonyl (C=O) groups is 3. The Balaban J connectivity index is 1.91. The van der Waals surface area contributed by atoms with E-state index in [1.54, 1.807) is 6.07 Å². The molecule has 12 heteroatoms. The van der Waals surface area contributed by atoms with Gasteiger partial charge in [0.2, 0.25) is 11.7 Å². The Labute approximate surface area is 165 Å². The molecule has 12 nitrogen and oxygen atoms in total. The first-order valence-electron chi connectivity index (χ1n) is 8.78. The predicted molar refractivity (Wildman–Crippen MR) is 97.0 cm³/mol. The molecule has 2 bridgehead atoms. The molecular formula is C17H21N5O7. The van der Waals surface area contributed by atoms with Crippen LogP contribution >= 0.6 is 0 Å². The number of ether oxygens (including phenoxy) is 3. The van der Waals surface area contributed by atoms with E-state index in [0.717, 1.165) is 0 Å². The highest BCUT2D eigenvalue weighted by molar-refractivity contribution is 5.95. The first-order chi connectivity index (χ1) is 13.7. The summed E-state index contributed by atoms with van der Waals surface area (Å²) in [5.74, 6) is -2.46. The number of hydrogen-bond donors (Lipinski definition) is 3. The van der Waals surface area contributed by atoms with Gasteiger partial charge in [0.25, 0.3) is 0 Å². The van der Waals surface area contributed by atoms with Crippen molar-refractivity contribution in [1.29, 1.82) is 0 Å². The average Bonchev–Trinajstić information content (AvgIpc) is 3.41. The van der Waals surface area contributed by atoms with Crippen LogP contribution < -0.4 is 27.0 Å². The third-order valence-corrected chi connectivity index (χ3v) is 5.64. The van der Waals surface area contributed by atoms with Crippen molar-refractivity contribution in [2.45, 2.75) is 23.8 Å². The molecule has 29 heavy (non-hydrogen) atoms. The van der Waals surface area contributed by atoms with E-state index in [0.29, 0.717) is 23.5 Å². The number of carbonyl (C=O) groups excluding carboxylic acids is 3. The number of primary amides is 3. The van der Waals surface area contributed by atoms with E-state index in [1.807, 2.05) is 0 Å². The molecule has 2 saturated heterocycles. The van der Waals surface area contributed by atoms with Crippen LogP contribution in [0.4, 0.5) is 15.3 Å². The number of hydrogen-bond acceptors (Lipinski definition) is 8. The van der Waals surface area contributed by atoms with Crippen LogP contribution in [-0.2, 0) is 14.3 Å². The van der Waals surface area contributed by atoms with Gasteiger partial charge in [0.15, 0.2) is 0 Å². The largest absolute Gasteiger partial charge is 0.496 e. The lowest BCUT2D eigenvalue weighted by Gasteiger charge is -2.49. The normalized spacial score (nSPS) is 28.8. The number of urea groups is 1. The number of nitrogens with zero attached hydrogens (tertiary/aromatic N) is 2. The molecule has 4 amide bonds. The highest BCUT2D eigenvalue weighted by Gasteiger charge is 2.72. The van der Waals surface area contributed by atoms with Gasteiger partial charge in [-0.2, -0.15) is 0 Å². The lowest BCUT2D eigenvalue weighted by molar-refractivity contribution is -0.265. The highest BCUT2D eigenvalue weighted by atomic mass is 16.8. The van der Waals surface area contributed by atoms with Gasteiger partial charge in [0.1, 0.15) is 18.4 Å². The Morgan fingerprint density at radius 3 is 2.52 bits per heavy atom. The minimum Gasteiger partial charge on any atom is -0.496 e. The van der Waals surface area contributed by atoms with Crippen LogP contribution in [-0.4, -0.2) is 68.2 Å². The lowest BCUT2D eigenvalue weighted by Crippen LogP contribution is -2.60. The zero-order chi connectivity index (χ0) is 21.1. The van der Waals surface area contributed by atoms with Gasteiger partial charge in [0.05, 0.1) is 31.3 Å². The zero-order valence-corrected chi connectivity index (χ0v) is 15.8. The number of amides is 4. The molecule has 0 radical (unpaired) electrons. The van der Waals surface area contributed by atoms with Crippen LogP contribution in [0.25, 0.3) is 0 Å². The maximum absolute atomic E-state index is 11.9. The molecule has 3 heterocycles. The van der Waals surface area contributed by atoms with E-state index in [2.05, 4.69) is 0 Å². The fourth-order valence-corrected chi connectivity index (χ4v) is 4.43. The van der Waals surface area contributed by atoms with E-state index in [1.165, 1.54) is 30.2 Å². The molecule has 4 atom stereocenters. The van der Waals surface area contributed by atoms with Crippen molar-refractivity contribution >= 4 is 23.7 Å². The summed E-state index contributed by atoms with van der Waals surface area (Å²) in [6, 6.07) is 1.62. The van der Waals surface area contributed by atoms with Gasteiger partial charge in [-0.05, 0) is 12.1 Å². The molecule has 1 aromatic rings. The van der Waals surface area contributed by atoms with Gasteiger partial charge >= 0.3 is 12.1 Å². The summed E-state index contributed by atoms with van der Waals surface area (Å²) in [6.45, 7) is 0.0760. The minimum absolute atomic E-state index is 0.202. The molecule has 0 unspecified atom stereocenters. The third-order valence-electron chi connectivity index (χ3n) is 5.64. The molecule has 4 rings (SSSR count). The van der Waals surface area contributed by atoms with Gasteiger partial charge in [-0.15, -0.1) is 0 Å². The maximum atomic E-state index is 11.9. The standard InChI is InChI=1S/C17H21N5O7/c1-26-11-4-7(14(18)23)3-9-12(11)8(6-28-16(20)25)17(27-2)13-10(5-21(9)29-17)22(13)15(19)24/h3-4,8,10,13H,5-6H2,1-2H3,(H2,18,23)(H2,19,24)(H2,20,25)/t8-,10+,13+,17-,22?/m1/s1. The van der Waals surface area contributed by atoms with E-state index in [4.69, 9.17) is 36.2 Å². The molecule has 156 valence electrons. The Kier molecular flexibility index (Phi) is 4.20. The molecule has 0 aromatic heterocycles. The minimum atomic E-state index is -1.40. The number of methoxy groups -OCH3 is 2. The smallest absolute Gasteiger partial charge is 0.404 e. The second kappa shape index (κ2) is 6.39.